The standard InChI is InChI=1S/C14H19Cl2N/c1-2-10-5-7-14(17,8-6-10)12-9-11(15)3-4-13(12)16/h3-4,9-10H,2,5-8,17H2,1H3. The van der Waals surface area contributed by atoms with Gasteiger partial charge in [-0.1, -0.05) is 36.5 Å². The molecular formula is C14H19Cl2N. The summed E-state index contributed by atoms with van der Waals surface area (Å²) in [7, 11) is 0. The third-order valence-corrected chi connectivity index (χ3v) is 4.60. The molecule has 3 heteroatoms. The van der Waals surface area contributed by atoms with Crippen LogP contribution in [0.2, 0.25) is 10.0 Å². The molecule has 0 aromatic heterocycles. The van der Waals surface area contributed by atoms with Crippen LogP contribution in [0.25, 0.3) is 0 Å². The first-order chi connectivity index (χ1) is 8.05. The molecule has 1 saturated carbocycles. The Kier molecular flexibility index (Phi) is 4.02. The number of halogens is 2. The summed E-state index contributed by atoms with van der Waals surface area (Å²) in [4.78, 5) is 0. The van der Waals surface area contributed by atoms with Gasteiger partial charge in [0.05, 0.1) is 0 Å². The van der Waals surface area contributed by atoms with Crippen molar-refractivity contribution in [3.63, 3.8) is 0 Å². The molecule has 2 rings (SSSR count). The smallest absolute Gasteiger partial charge is 0.0457 e. The van der Waals surface area contributed by atoms with Gasteiger partial charge in [-0.2, -0.15) is 0 Å². The number of hydrogen-bond acceptors (Lipinski definition) is 1. The van der Waals surface area contributed by atoms with Gasteiger partial charge in [-0.3, -0.25) is 0 Å². The average molecular weight is 272 g/mol. The zero-order valence-corrected chi connectivity index (χ0v) is 11.7. The lowest BCUT2D eigenvalue weighted by Crippen LogP contribution is -2.40. The Morgan fingerprint density at radius 1 is 1.29 bits per heavy atom. The SMILES string of the molecule is CCC1CCC(N)(c2cc(Cl)ccc2Cl)CC1. The molecule has 2 N–H and O–H groups in total. The van der Waals surface area contributed by atoms with Gasteiger partial charge in [-0.25, -0.2) is 0 Å². The van der Waals surface area contributed by atoms with Gasteiger partial charge in [-0.15, -0.1) is 0 Å². The van der Waals surface area contributed by atoms with Crippen LogP contribution in [0, 0.1) is 5.92 Å². The monoisotopic (exact) mass is 271 g/mol. The molecule has 1 nitrogen and oxygen atoms in total. The molecule has 0 bridgehead atoms. The second-order valence-electron chi connectivity index (χ2n) is 5.13. The van der Waals surface area contributed by atoms with E-state index in [1.807, 2.05) is 18.2 Å². The molecule has 1 fully saturated rings. The minimum absolute atomic E-state index is 0.284. The fourth-order valence-electron chi connectivity index (χ4n) is 2.75. The molecule has 1 aliphatic rings. The van der Waals surface area contributed by atoms with Crippen molar-refractivity contribution in [3.05, 3.63) is 33.8 Å². The second-order valence-corrected chi connectivity index (χ2v) is 5.98. The van der Waals surface area contributed by atoms with Crippen molar-refractivity contribution < 1.29 is 0 Å². The van der Waals surface area contributed by atoms with Gasteiger partial charge in [-0.05, 0) is 55.4 Å². The third kappa shape index (κ3) is 2.78. The molecule has 0 heterocycles. The second kappa shape index (κ2) is 5.17. The van der Waals surface area contributed by atoms with E-state index in [9.17, 15) is 0 Å². The van der Waals surface area contributed by atoms with Gasteiger partial charge < -0.3 is 5.73 Å². The third-order valence-electron chi connectivity index (χ3n) is 4.04. The molecule has 94 valence electrons. The van der Waals surface area contributed by atoms with Crippen molar-refractivity contribution in [2.24, 2.45) is 11.7 Å². The molecule has 17 heavy (non-hydrogen) atoms. The van der Waals surface area contributed by atoms with E-state index in [2.05, 4.69) is 6.92 Å². The molecule has 0 spiro atoms. The zero-order chi connectivity index (χ0) is 12.5. The van der Waals surface area contributed by atoms with Crippen molar-refractivity contribution in [3.8, 4) is 0 Å². The Balaban J connectivity index is 2.24. The minimum atomic E-state index is -0.284. The number of nitrogens with two attached hydrogens (primary N) is 1. The average Bonchev–Trinajstić information content (AvgIpc) is 2.33. The fourth-order valence-corrected chi connectivity index (χ4v) is 3.23. The molecule has 0 saturated heterocycles. The molecule has 1 aliphatic carbocycles. The van der Waals surface area contributed by atoms with Crippen LogP contribution in [0.3, 0.4) is 0 Å². The van der Waals surface area contributed by atoms with Crippen molar-refractivity contribution in [1.82, 2.24) is 0 Å². The quantitative estimate of drug-likeness (QED) is 0.826. The molecule has 1 aromatic carbocycles. The molecule has 0 aliphatic heterocycles. The van der Waals surface area contributed by atoms with Gasteiger partial charge >= 0.3 is 0 Å². The largest absolute Gasteiger partial charge is 0.321 e. The summed E-state index contributed by atoms with van der Waals surface area (Å²) in [6.45, 7) is 2.25. The summed E-state index contributed by atoms with van der Waals surface area (Å²) in [6, 6.07) is 5.59. The Hall–Kier alpha value is -0.240. The van der Waals surface area contributed by atoms with Gasteiger partial charge in [0.15, 0.2) is 0 Å². The highest BCUT2D eigenvalue weighted by atomic mass is 35.5. The van der Waals surface area contributed by atoms with E-state index in [0.717, 1.165) is 29.3 Å². The summed E-state index contributed by atoms with van der Waals surface area (Å²) in [5, 5.41) is 1.46. The Bertz CT molecular complexity index is 395. The van der Waals surface area contributed by atoms with Crippen LogP contribution in [-0.2, 0) is 5.54 Å². The van der Waals surface area contributed by atoms with Gasteiger partial charge in [0.1, 0.15) is 0 Å². The van der Waals surface area contributed by atoms with Crippen LogP contribution in [-0.4, -0.2) is 0 Å². The summed E-state index contributed by atoms with van der Waals surface area (Å²) >= 11 is 12.3. The van der Waals surface area contributed by atoms with Crippen LogP contribution in [0.15, 0.2) is 18.2 Å². The Morgan fingerprint density at radius 2 is 1.94 bits per heavy atom. The van der Waals surface area contributed by atoms with E-state index >= 15 is 0 Å². The maximum absolute atomic E-state index is 6.52. The van der Waals surface area contributed by atoms with Crippen LogP contribution in [0.4, 0.5) is 0 Å². The predicted molar refractivity (Wildman–Crippen MR) is 74.6 cm³/mol. The lowest BCUT2D eigenvalue weighted by molar-refractivity contribution is 0.232. The molecular weight excluding hydrogens is 253 g/mol. The van der Waals surface area contributed by atoms with Crippen LogP contribution in [0.1, 0.15) is 44.6 Å². The minimum Gasteiger partial charge on any atom is -0.321 e. The highest BCUT2D eigenvalue weighted by Crippen LogP contribution is 2.41. The van der Waals surface area contributed by atoms with Crippen molar-refractivity contribution in [2.75, 3.05) is 0 Å². The summed E-state index contributed by atoms with van der Waals surface area (Å²) in [5.41, 5.74) is 7.25. The van der Waals surface area contributed by atoms with E-state index in [1.165, 1.54) is 19.3 Å². The van der Waals surface area contributed by atoms with E-state index in [0.29, 0.717) is 5.02 Å². The molecule has 0 radical (unpaired) electrons. The lowest BCUT2D eigenvalue weighted by atomic mass is 9.73. The predicted octanol–water partition coefficient (Wildman–Crippen LogP) is 4.75. The highest BCUT2D eigenvalue weighted by molar-refractivity contribution is 6.33. The number of rotatable bonds is 2. The summed E-state index contributed by atoms with van der Waals surface area (Å²) in [5.74, 6) is 0.824. The van der Waals surface area contributed by atoms with E-state index in [1.54, 1.807) is 0 Å². The summed E-state index contributed by atoms with van der Waals surface area (Å²) in [6.07, 6.45) is 5.64. The van der Waals surface area contributed by atoms with Crippen molar-refractivity contribution >= 4 is 23.2 Å². The van der Waals surface area contributed by atoms with Crippen LogP contribution >= 0.6 is 23.2 Å². The normalized spacial score (nSPS) is 29.3. The fraction of sp³-hybridized carbons (Fsp3) is 0.571. The maximum Gasteiger partial charge on any atom is 0.0457 e. The van der Waals surface area contributed by atoms with Gasteiger partial charge in [0.25, 0.3) is 0 Å². The first-order valence-electron chi connectivity index (χ1n) is 6.29. The van der Waals surface area contributed by atoms with Crippen LogP contribution < -0.4 is 5.73 Å². The van der Waals surface area contributed by atoms with Crippen molar-refractivity contribution in [2.45, 2.75) is 44.6 Å². The van der Waals surface area contributed by atoms with Gasteiger partial charge in [0.2, 0.25) is 0 Å². The van der Waals surface area contributed by atoms with Gasteiger partial charge in [0, 0.05) is 15.6 Å². The number of benzene rings is 1. The zero-order valence-electron chi connectivity index (χ0n) is 10.2. The summed E-state index contributed by atoms with van der Waals surface area (Å²) < 4.78 is 0. The molecule has 0 atom stereocenters. The highest BCUT2D eigenvalue weighted by Gasteiger charge is 2.34. The Morgan fingerprint density at radius 3 is 2.53 bits per heavy atom. The molecule has 1 aromatic rings. The Labute approximate surface area is 113 Å². The maximum atomic E-state index is 6.52. The molecule has 0 amide bonds. The van der Waals surface area contributed by atoms with E-state index < -0.39 is 0 Å². The van der Waals surface area contributed by atoms with Crippen LogP contribution in [0.5, 0.6) is 0 Å². The lowest BCUT2D eigenvalue weighted by Gasteiger charge is -2.38. The van der Waals surface area contributed by atoms with E-state index in [-0.39, 0.29) is 5.54 Å². The van der Waals surface area contributed by atoms with Crippen molar-refractivity contribution in [1.29, 1.82) is 0 Å². The van der Waals surface area contributed by atoms with E-state index in [4.69, 9.17) is 28.9 Å². The molecule has 0 unspecified atom stereocenters. The first kappa shape index (κ1) is 13.2. The topological polar surface area (TPSA) is 26.0 Å². The number of hydrogen-bond donors (Lipinski definition) is 1. The first-order valence-corrected chi connectivity index (χ1v) is 7.05.